The molecule has 0 N–H and O–H groups in total. The minimum Gasteiger partial charge on any atom is -0.460 e. The summed E-state index contributed by atoms with van der Waals surface area (Å²) in [4.78, 5) is 26.4. The molecule has 178 valence electrons. The first-order chi connectivity index (χ1) is 17.1. The summed E-state index contributed by atoms with van der Waals surface area (Å²) in [6.45, 7) is 7.69. The molecule has 35 heavy (non-hydrogen) atoms. The van der Waals surface area contributed by atoms with Gasteiger partial charge in [-0.3, -0.25) is 9.69 Å². The summed E-state index contributed by atoms with van der Waals surface area (Å²) in [6.07, 6.45) is 7.60. The Morgan fingerprint density at radius 1 is 1.03 bits per heavy atom. The number of nitrogens with zero attached hydrogens (tertiary/aromatic N) is 6. The minimum absolute atomic E-state index is 0.00829. The molecule has 1 aliphatic heterocycles. The van der Waals surface area contributed by atoms with Gasteiger partial charge in [0.05, 0.1) is 17.5 Å². The first-order valence-corrected chi connectivity index (χ1v) is 11.8. The lowest BCUT2D eigenvalue weighted by molar-refractivity contribution is 0.0649. The largest absolute Gasteiger partial charge is 0.460 e. The summed E-state index contributed by atoms with van der Waals surface area (Å²) in [7, 11) is 0. The highest BCUT2D eigenvalue weighted by Crippen LogP contribution is 2.21. The monoisotopic (exact) mass is 468 g/mol. The molecule has 1 fully saturated rings. The molecule has 0 saturated carbocycles. The molecule has 3 aromatic heterocycles. The molecule has 0 atom stereocenters. The Labute approximate surface area is 204 Å². The van der Waals surface area contributed by atoms with Crippen LogP contribution in [0.15, 0.2) is 71.4 Å². The maximum absolute atomic E-state index is 13.2. The molecule has 0 bridgehead atoms. The maximum Gasteiger partial charge on any atom is 0.257 e. The summed E-state index contributed by atoms with van der Waals surface area (Å²) in [6, 6.07) is 15.8. The summed E-state index contributed by atoms with van der Waals surface area (Å²) >= 11 is 0. The standard InChI is InChI=1S/C27H28N6O2/c1-20-10-11-25(35-20)24-12-13-28-27(30-24)33-21(2)23(19-29-33)26(34)32-17-15-31(16-18-32)14-6-9-22-7-4-3-5-8-22/h3-13,19H,14-18H2,1-2H3. The Morgan fingerprint density at radius 3 is 2.57 bits per heavy atom. The minimum atomic E-state index is -0.00829. The number of hydrogen-bond acceptors (Lipinski definition) is 6. The molecular formula is C27H28N6O2. The fourth-order valence-electron chi connectivity index (χ4n) is 4.19. The SMILES string of the molecule is Cc1ccc(-c2ccnc(-n3ncc(C(=O)N4CCN(CC=Cc5ccccc5)CC4)c3C)n2)o1. The van der Waals surface area contributed by atoms with Gasteiger partial charge in [-0.1, -0.05) is 42.5 Å². The van der Waals surface area contributed by atoms with Crippen LogP contribution in [-0.4, -0.2) is 68.2 Å². The van der Waals surface area contributed by atoms with Crippen LogP contribution in [0.5, 0.6) is 0 Å². The van der Waals surface area contributed by atoms with Gasteiger partial charge in [0.2, 0.25) is 0 Å². The van der Waals surface area contributed by atoms with E-state index in [-0.39, 0.29) is 5.91 Å². The smallest absolute Gasteiger partial charge is 0.257 e. The highest BCUT2D eigenvalue weighted by atomic mass is 16.3. The Morgan fingerprint density at radius 2 is 1.83 bits per heavy atom. The zero-order valence-electron chi connectivity index (χ0n) is 20.0. The summed E-state index contributed by atoms with van der Waals surface area (Å²) in [5.41, 5.74) is 3.16. The normalized spacial score (nSPS) is 14.6. The fraction of sp³-hybridized carbons (Fsp3) is 0.259. The topological polar surface area (TPSA) is 80.3 Å². The van der Waals surface area contributed by atoms with Crippen LogP contribution in [-0.2, 0) is 0 Å². The van der Waals surface area contributed by atoms with Crippen molar-refractivity contribution in [2.75, 3.05) is 32.7 Å². The predicted octanol–water partition coefficient (Wildman–Crippen LogP) is 4.01. The van der Waals surface area contributed by atoms with Crippen LogP contribution in [0.25, 0.3) is 23.5 Å². The molecule has 1 amide bonds. The Hall–Kier alpha value is -4.04. The number of hydrogen-bond donors (Lipinski definition) is 0. The first-order valence-electron chi connectivity index (χ1n) is 11.8. The van der Waals surface area contributed by atoms with E-state index in [4.69, 9.17) is 4.42 Å². The molecular weight excluding hydrogens is 440 g/mol. The van der Waals surface area contributed by atoms with Crippen molar-refractivity contribution in [1.82, 2.24) is 29.5 Å². The summed E-state index contributed by atoms with van der Waals surface area (Å²) in [5, 5.41) is 4.42. The maximum atomic E-state index is 13.2. The number of carbonyl (C=O) groups excluding carboxylic acids is 1. The van der Waals surface area contributed by atoms with Crippen molar-refractivity contribution in [3.63, 3.8) is 0 Å². The zero-order chi connectivity index (χ0) is 24.2. The molecule has 1 aromatic carbocycles. The van der Waals surface area contributed by atoms with E-state index < -0.39 is 0 Å². The number of amides is 1. The highest BCUT2D eigenvalue weighted by Gasteiger charge is 2.25. The van der Waals surface area contributed by atoms with Crippen LogP contribution in [0.2, 0.25) is 0 Å². The van der Waals surface area contributed by atoms with E-state index in [9.17, 15) is 4.79 Å². The van der Waals surface area contributed by atoms with Crippen LogP contribution >= 0.6 is 0 Å². The van der Waals surface area contributed by atoms with E-state index in [1.165, 1.54) is 5.56 Å². The van der Waals surface area contributed by atoms with E-state index in [0.29, 0.717) is 36.1 Å². The number of benzene rings is 1. The zero-order valence-corrected chi connectivity index (χ0v) is 20.0. The predicted molar refractivity (Wildman–Crippen MR) is 134 cm³/mol. The van der Waals surface area contributed by atoms with Gasteiger partial charge < -0.3 is 9.32 Å². The van der Waals surface area contributed by atoms with Gasteiger partial charge in [-0.25, -0.2) is 14.6 Å². The average molecular weight is 469 g/mol. The van der Waals surface area contributed by atoms with Crippen molar-refractivity contribution in [2.45, 2.75) is 13.8 Å². The van der Waals surface area contributed by atoms with E-state index in [0.717, 1.165) is 31.1 Å². The molecule has 0 radical (unpaired) electrons. The molecule has 0 aliphatic carbocycles. The number of furan rings is 1. The van der Waals surface area contributed by atoms with Crippen LogP contribution in [0.1, 0.15) is 27.4 Å². The number of aryl methyl sites for hydroxylation is 1. The lowest BCUT2D eigenvalue weighted by Gasteiger charge is -2.34. The molecule has 0 spiro atoms. The lowest BCUT2D eigenvalue weighted by atomic mass is 10.2. The van der Waals surface area contributed by atoms with E-state index in [1.807, 2.05) is 49.1 Å². The van der Waals surface area contributed by atoms with Crippen molar-refractivity contribution in [3.05, 3.63) is 89.6 Å². The van der Waals surface area contributed by atoms with E-state index in [2.05, 4.69) is 44.3 Å². The summed E-state index contributed by atoms with van der Waals surface area (Å²) < 4.78 is 7.29. The molecule has 1 saturated heterocycles. The first kappa shape index (κ1) is 22.7. The number of piperazine rings is 1. The van der Waals surface area contributed by atoms with Gasteiger partial charge in [0.25, 0.3) is 11.9 Å². The summed E-state index contributed by atoms with van der Waals surface area (Å²) in [5.74, 6) is 1.88. The van der Waals surface area contributed by atoms with Gasteiger partial charge >= 0.3 is 0 Å². The number of carbonyl (C=O) groups is 1. The molecule has 0 unspecified atom stereocenters. The van der Waals surface area contributed by atoms with E-state index >= 15 is 0 Å². The van der Waals surface area contributed by atoms with Crippen LogP contribution in [0.3, 0.4) is 0 Å². The van der Waals surface area contributed by atoms with Gasteiger partial charge in [0, 0.05) is 38.9 Å². The molecule has 4 aromatic rings. The van der Waals surface area contributed by atoms with Crippen LogP contribution in [0, 0.1) is 13.8 Å². The molecule has 8 heteroatoms. The van der Waals surface area contributed by atoms with Gasteiger partial charge in [-0.15, -0.1) is 0 Å². The second kappa shape index (κ2) is 10.1. The Balaban J connectivity index is 1.22. The van der Waals surface area contributed by atoms with Crippen LogP contribution in [0.4, 0.5) is 0 Å². The van der Waals surface area contributed by atoms with Crippen molar-refractivity contribution >= 4 is 12.0 Å². The highest BCUT2D eigenvalue weighted by molar-refractivity contribution is 5.95. The van der Waals surface area contributed by atoms with Crippen molar-refractivity contribution in [2.24, 2.45) is 0 Å². The van der Waals surface area contributed by atoms with Gasteiger partial charge in [0.15, 0.2) is 5.76 Å². The van der Waals surface area contributed by atoms with Crippen molar-refractivity contribution < 1.29 is 9.21 Å². The molecule has 1 aliphatic rings. The lowest BCUT2D eigenvalue weighted by Crippen LogP contribution is -2.48. The second-order valence-electron chi connectivity index (χ2n) is 8.61. The quantitative estimate of drug-likeness (QED) is 0.425. The number of aromatic nitrogens is 4. The third kappa shape index (κ3) is 5.07. The van der Waals surface area contributed by atoms with Crippen molar-refractivity contribution in [3.8, 4) is 17.4 Å². The molecule has 4 heterocycles. The third-order valence-electron chi connectivity index (χ3n) is 6.20. The van der Waals surface area contributed by atoms with Crippen LogP contribution < -0.4 is 0 Å². The Bertz CT molecular complexity index is 1330. The third-order valence-corrected chi connectivity index (χ3v) is 6.20. The average Bonchev–Trinajstić information content (AvgIpc) is 3.50. The van der Waals surface area contributed by atoms with Gasteiger partial charge in [-0.05, 0) is 37.6 Å². The van der Waals surface area contributed by atoms with E-state index in [1.54, 1.807) is 23.1 Å². The van der Waals surface area contributed by atoms with Gasteiger partial charge in [-0.2, -0.15) is 5.10 Å². The molecule has 5 rings (SSSR count). The second-order valence-corrected chi connectivity index (χ2v) is 8.61. The van der Waals surface area contributed by atoms with Crippen molar-refractivity contribution in [1.29, 1.82) is 0 Å². The fourth-order valence-corrected chi connectivity index (χ4v) is 4.19. The van der Waals surface area contributed by atoms with Gasteiger partial charge in [0.1, 0.15) is 11.5 Å². The number of rotatable bonds is 6. The Kier molecular flexibility index (Phi) is 6.54. The molecule has 8 nitrogen and oxygen atoms in total.